The van der Waals surface area contributed by atoms with E-state index in [0.717, 1.165) is 55.6 Å². The molecule has 2 atom stereocenters. The van der Waals surface area contributed by atoms with Crippen LogP contribution in [-0.4, -0.2) is 47.9 Å². The van der Waals surface area contributed by atoms with Crippen molar-refractivity contribution >= 4 is 23.3 Å². The Morgan fingerprint density at radius 2 is 1.62 bits per heavy atom. The highest BCUT2D eigenvalue weighted by Gasteiger charge is 2.31. The van der Waals surface area contributed by atoms with E-state index >= 15 is 0 Å². The summed E-state index contributed by atoms with van der Waals surface area (Å²) in [5, 5.41) is 5.38. The summed E-state index contributed by atoms with van der Waals surface area (Å²) in [6.07, 6.45) is 4.79. The quantitative estimate of drug-likeness (QED) is 0.637. The van der Waals surface area contributed by atoms with Crippen LogP contribution in [0.25, 0.3) is 0 Å². The average Bonchev–Trinajstić information content (AvgIpc) is 3.56. The lowest BCUT2D eigenvalue weighted by Gasteiger charge is -2.34. The molecule has 6 heteroatoms. The van der Waals surface area contributed by atoms with Gasteiger partial charge >= 0.3 is 6.03 Å². The SMILES string of the molecule is CCC(C)c1ccc(C(NC(=O)C2CCN(C(=O)N3CCCC3)CC2)c2cccs2)cc1. The molecule has 2 unspecified atom stereocenters. The number of nitrogens with zero attached hydrogens (tertiary/aromatic N) is 2. The maximum absolute atomic E-state index is 13.2. The van der Waals surface area contributed by atoms with Gasteiger partial charge < -0.3 is 15.1 Å². The molecule has 2 aliphatic heterocycles. The number of thiophene rings is 1. The van der Waals surface area contributed by atoms with Gasteiger partial charge in [-0.3, -0.25) is 4.79 Å². The second kappa shape index (κ2) is 10.5. The molecule has 5 nitrogen and oxygen atoms in total. The number of hydrogen-bond acceptors (Lipinski definition) is 3. The largest absolute Gasteiger partial charge is 0.344 e. The fraction of sp³-hybridized carbons (Fsp3) is 0.538. The summed E-state index contributed by atoms with van der Waals surface area (Å²) in [4.78, 5) is 30.9. The van der Waals surface area contributed by atoms with Gasteiger partial charge in [0.25, 0.3) is 0 Å². The van der Waals surface area contributed by atoms with Gasteiger partial charge in [0, 0.05) is 37.0 Å². The first kappa shape index (κ1) is 22.8. The summed E-state index contributed by atoms with van der Waals surface area (Å²) in [5.74, 6) is 0.592. The number of nitrogens with one attached hydrogen (secondary N) is 1. The van der Waals surface area contributed by atoms with E-state index in [1.165, 1.54) is 5.56 Å². The molecule has 2 saturated heterocycles. The predicted octanol–water partition coefficient (Wildman–Crippen LogP) is 5.40. The van der Waals surface area contributed by atoms with Gasteiger partial charge in [-0.15, -0.1) is 11.3 Å². The molecule has 2 aliphatic rings. The zero-order valence-corrected chi connectivity index (χ0v) is 20.1. The van der Waals surface area contributed by atoms with Crippen LogP contribution in [0.5, 0.6) is 0 Å². The molecular weight excluding hydrogens is 418 g/mol. The number of hydrogen-bond donors (Lipinski definition) is 1. The van der Waals surface area contributed by atoms with Crippen LogP contribution in [0.1, 0.15) is 73.9 Å². The molecule has 0 saturated carbocycles. The van der Waals surface area contributed by atoms with Crippen molar-refractivity contribution in [2.24, 2.45) is 5.92 Å². The van der Waals surface area contributed by atoms with E-state index in [2.05, 4.69) is 54.9 Å². The highest BCUT2D eigenvalue weighted by atomic mass is 32.1. The topological polar surface area (TPSA) is 52.7 Å². The van der Waals surface area contributed by atoms with Crippen LogP contribution in [0.15, 0.2) is 41.8 Å². The Labute approximate surface area is 195 Å². The monoisotopic (exact) mass is 453 g/mol. The van der Waals surface area contributed by atoms with Crippen molar-refractivity contribution in [3.63, 3.8) is 0 Å². The van der Waals surface area contributed by atoms with Gasteiger partial charge in [0.05, 0.1) is 6.04 Å². The second-order valence-electron chi connectivity index (χ2n) is 9.17. The first-order valence-electron chi connectivity index (χ1n) is 12.0. The number of urea groups is 1. The molecule has 1 aromatic carbocycles. The lowest BCUT2D eigenvalue weighted by atomic mass is 9.93. The summed E-state index contributed by atoms with van der Waals surface area (Å²) in [6, 6.07) is 12.9. The van der Waals surface area contributed by atoms with Gasteiger partial charge in [-0.1, -0.05) is 44.2 Å². The zero-order valence-electron chi connectivity index (χ0n) is 19.3. The molecule has 1 N–H and O–H groups in total. The molecule has 0 bridgehead atoms. The van der Waals surface area contributed by atoms with Crippen molar-refractivity contribution in [2.45, 2.75) is 57.9 Å². The molecule has 0 spiro atoms. The minimum Gasteiger partial charge on any atom is -0.344 e. The predicted molar refractivity (Wildman–Crippen MR) is 130 cm³/mol. The van der Waals surface area contributed by atoms with Crippen molar-refractivity contribution in [3.05, 3.63) is 57.8 Å². The Bertz CT molecular complexity index is 882. The Morgan fingerprint density at radius 3 is 2.22 bits per heavy atom. The maximum atomic E-state index is 13.2. The molecule has 0 radical (unpaired) electrons. The van der Waals surface area contributed by atoms with Crippen LogP contribution in [0, 0.1) is 5.92 Å². The Kier molecular flexibility index (Phi) is 7.51. The maximum Gasteiger partial charge on any atom is 0.319 e. The average molecular weight is 454 g/mol. The highest BCUT2D eigenvalue weighted by Crippen LogP contribution is 2.29. The lowest BCUT2D eigenvalue weighted by molar-refractivity contribution is -0.126. The third-order valence-corrected chi connectivity index (χ3v) is 8.02. The van der Waals surface area contributed by atoms with E-state index in [1.54, 1.807) is 11.3 Å². The van der Waals surface area contributed by atoms with Crippen LogP contribution in [0.2, 0.25) is 0 Å². The summed E-state index contributed by atoms with van der Waals surface area (Å²) in [7, 11) is 0. The molecular formula is C26H35N3O2S. The van der Waals surface area contributed by atoms with Crippen molar-refractivity contribution in [1.29, 1.82) is 0 Å². The summed E-state index contributed by atoms with van der Waals surface area (Å²) < 4.78 is 0. The van der Waals surface area contributed by atoms with Gasteiger partial charge in [-0.25, -0.2) is 4.79 Å². The molecule has 2 aromatic rings. The van der Waals surface area contributed by atoms with E-state index in [4.69, 9.17) is 0 Å². The smallest absolute Gasteiger partial charge is 0.319 e. The fourth-order valence-corrected chi connectivity index (χ4v) is 5.53. The number of likely N-dealkylation sites (tertiary alicyclic amines) is 2. The third kappa shape index (κ3) is 5.17. The number of amides is 3. The Balaban J connectivity index is 1.39. The van der Waals surface area contributed by atoms with E-state index in [1.807, 2.05) is 15.9 Å². The van der Waals surface area contributed by atoms with Crippen LogP contribution < -0.4 is 5.32 Å². The number of rotatable bonds is 6. The van der Waals surface area contributed by atoms with E-state index < -0.39 is 0 Å². The minimum absolute atomic E-state index is 0.0422. The van der Waals surface area contributed by atoms with Crippen molar-refractivity contribution in [3.8, 4) is 0 Å². The fourth-order valence-electron chi connectivity index (χ4n) is 4.73. The van der Waals surface area contributed by atoms with E-state index in [0.29, 0.717) is 19.0 Å². The van der Waals surface area contributed by atoms with E-state index in [9.17, 15) is 9.59 Å². The molecule has 4 rings (SSSR count). The van der Waals surface area contributed by atoms with Crippen LogP contribution in [0.3, 0.4) is 0 Å². The number of carbonyl (C=O) groups is 2. The number of carbonyl (C=O) groups excluding carboxylic acids is 2. The third-order valence-electron chi connectivity index (χ3n) is 7.08. The Hall–Kier alpha value is -2.34. The lowest BCUT2D eigenvalue weighted by Crippen LogP contribution is -2.48. The van der Waals surface area contributed by atoms with Gasteiger partial charge in [-0.05, 0) is 60.6 Å². The zero-order chi connectivity index (χ0) is 22.5. The standard InChI is InChI=1S/C26H35N3O2S/c1-3-19(2)20-8-10-21(11-9-20)24(23-7-6-18-32-23)27-25(30)22-12-16-29(17-13-22)26(31)28-14-4-5-15-28/h6-11,18-19,22,24H,3-5,12-17H2,1-2H3,(H,27,30). The summed E-state index contributed by atoms with van der Waals surface area (Å²) in [6.45, 7) is 7.53. The molecule has 3 heterocycles. The number of benzene rings is 1. The van der Waals surface area contributed by atoms with Gasteiger partial charge in [0.2, 0.25) is 5.91 Å². The molecule has 0 aliphatic carbocycles. The number of piperidine rings is 1. The Morgan fingerprint density at radius 1 is 1.00 bits per heavy atom. The first-order valence-corrected chi connectivity index (χ1v) is 12.9. The van der Waals surface area contributed by atoms with Gasteiger partial charge in [0.1, 0.15) is 0 Å². The highest BCUT2D eigenvalue weighted by molar-refractivity contribution is 7.10. The van der Waals surface area contributed by atoms with Gasteiger partial charge in [-0.2, -0.15) is 0 Å². The summed E-state index contributed by atoms with van der Waals surface area (Å²) >= 11 is 1.67. The minimum atomic E-state index is -0.127. The van der Waals surface area contributed by atoms with Crippen molar-refractivity contribution < 1.29 is 9.59 Å². The molecule has 32 heavy (non-hydrogen) atoms. The van der Waals surface area contributed by atoms with Crippen LogP contribution >= 0.6 is 11.3 Å². The molecule has 2 fully saturated rings. The van der Waals surface area contributed by atoms with Gasteiger partial charge in [0.15, 0.2) is 0 Å². The van der Waals surface area contributed by atoms with Crippen LogP contribution in [0.4, 0.5) is 4.79 Å². The molecule has 3 amide bonds. The van der Waals surface area contributed by atoms with Crippen molar-refractivity contribution in [1.82, 2.24) is 15.1 Å². The molecule has 1 aromatic heterocycles. The van der Waals surface area contributed by atoms with Crippen LogP contribution in [-0.2, 0) is 4.79 Å². The van der Waals surface area contributed by atoms with E-state index in [-0.39, 0.29) is 23.9 Å². The second-order valence-corrected chi connectivity index (χ2v) is 10.2. The molecule has 172 valence electrons. The normalized spacial score (nSPS) is 19.1. The summed E-state index contributed by atoms with van der Waals surface area (Å²) in [5.41, 5.74) is 2.46. The first-order chi connectivity index (χ1) is 15.6. The van der Waals surface area contributed by atoms with Crippen molar-refractivity contribution in [2.75, 3.05) is 26.2 Å².